The van der Waals surface area contributed by atoms with Gasteiger partial charge in [-0.15, -0.1) is 0 Å². The summed E-state index contributed by atoms with van der Waals surface area (Å²) in [5, 5.41) is 9.26. The van der Waals surface area contributed by atoms with Crippen LogP contribution in [0.5, 0.6) is 0 Å². The number of hydrogen-bond donors (Lipinski definition) is 1. The minimum atomic E-state index is -1.82. The van der Waals surface area contributed by atoms with Gasteiger partial charge in [0, 0.05) is 6.61 Å². The predicted molar refractivity (Wildman–Crippen MR) is 92.0 cm³/mol. The summed E-state index contributed by atoms with van der Waals surface area (Å²) in [5.41, 5.74) is 0. The van der Waals surface area contributed by atoms with Gasteiger partial charge in [0.25, 0.3) is 0 Å². The third-order valence-corrected chi connectivity index (χ3v) is 9.81. The van der Waals surface area contributed by atoms with Gasteiger partial charge in [0.05, 0.1) is 12.7 Å². The Balaban J connectivity index is 2.01. The Labute approximate surface area is 141 Å². The second kappa shape index (κ2) is 6.73. The van der Waals surface area contributed by atoms with E-state index in [4.69, 9.17) is 23.7 Å². The van der Waals surface area contributed by atoms with Crippen LogP contribution in [-0.2, 0) is 18.6 Å². The van der Waals surface area contributed by atoms with Gasteiger partial charge in [0.2, 0.25) is 0 Å². The molecule has 0 amide bonds. The third kappa shape index (κ3) is 4.35. The molecule has 2 rings (SSSR count). The van der Waals surface area contributed by atoms with Crippen molar-refractivity contribution in [2.45, 2.75) is 95.8 Å². The average molecular weight is 347 g/mol. The third-order valence-electron chi connectivity index (χ3n) is 5.31. The number of aliphatic hydroxyl groups excluding tert-OH is 1. The molecule has 0 aliphatic carbocycles. The maximum atomic E-state index is 9.09. The number of ether oxygens (including phenoxy) is 3. The van der Waals surface area contributed by atoms with Crippen LogP contribution in [-0.4, -0.2) is 56.8 Å². The van der Waals surface area contributed by atoms with E-state index in [2.05, 4.69) is 33.9 Å². The Hall–Kier alpha value is 0.0169. The van der Waals surface area contributed by atoms with Gasteiger partial charge in [-0.1, -0.05) is 20.8 Å². The van der Waals surface area contributed by atoms with E-state index in [1.54, 1.807) is 0 Å². The Bertz CT molecular complexity index is 404. The molecule has 2 fully saturated rings. The molecule has 0 unspecified atom stereocenters. The molecule has 0 aromatic rings. The maximum Gasteiger partial charge on any atom is 0.192 e. The number of aliphatic hydroxyl groups is 1. The van der Waals surface area contributed by atoms with Crippen LogP contribution in [0.15, 0.2) is 0 Å². The van der Waals surface area contributed by atoms with E-state index in [-0.39, 0.29) is 36.1 Å². The fourth-order valence-corrected chi connectivity index (χ4v) is 3.95. The van der Waals surface area contributed by atoms with Crippen LogP contribution in [0.4, 0.5) is 0 Å². The largest absolute Gasteiger partial charge is 0.414 e. The van der Waals surface area contributed by atoms with E-state index in [0.29, 0.717) is 13.0 Å². The van der Waals surface area contributed by atoms with Crippen LogP contribution in [0.3, 0.4) is 0 Å². The second-order valence-electron chi connectivity index (χ2n) is 8.71. The molecule has 1 N–H and O–H groups in total. The van der Waals surface area contributed by atoms with Crippen molar-refractivity contribution in [2.75, 3.05) is 13.2 Å². The van der Waals surface area contributed by atoms with Crippen LogP contribution in [0.25, 0.3) is 0 Å². The molecule has 0 saturated carbocycles. The second-order valence-corrected chi connectivity index (χ2v) is 13.5. The summed E-state index contributed by atoms with van der Waals surface area (Å²) in [6, 6.07) is 0. The first-order valence-corrected chi connectivity index (χ1v) is 11.6. The highest BCUT2D eigenvalue weighted by atomic mass is 28.4. The quantitative estimate of drug-likeness (QED) is 0.749. The van der Waals surface area contributed by atoms with Gasteiger partial charge in [-0.3, -0.25) is 0 Å². The number of fused-ring (bicyclic) bond motifs is 1. The lowest BCUT2D eigenvalue weighted by Crippen LogP contribution is -2.44. The molecule has 0 aromatic carbocycles. The van der Waals surface area contributed by atoms with E-state index < -0.39 is 14.1 Å². The van der Waals surface area contributed by atoms with E-state index >= 15 is 0 Å². The first-order chi connectivity index (χ1) is 10.5. The minimum absolute atomic E-state index is 0.0260. The molecule has 0 radical (unpaired) electrons. The van der Waals surface area contributed by atoms with Gasteiger partial charge >= 0.3 is 0 Å². The van der Waals surface area contributed by atoms with Crippen LogP contribution in [0, 0.1) is 0 Å². The lowest BCUT2D eigenvalue weighted by molar-refractivity contribution is -0.190. The summed E-state index contributed by atoms with van der Waals surface area (Å²) in [4.78, 5) is 0. The fourth-order valence-electron chi connectivity index (χ4n) is 2.94. The van der Waals surface area contributed by atoms with E-state index in [0.717, 1.165) is 6.42 Å². The van der Waals surface area contributed by atoms with Crippen LogP contribution in [0.1, 0.15) is 47.5 Å². The van der Waals surface area contributed by atoms with Crippen molar-refractivity contribution in [3.63, 3.8) is 0 Å². The van der Waals surface area contributed by atoms with E-state index in [1.807, 2.05) is 13.8 Å². The molecule has 0 bridgehead atoms. The normalized spacial score (nSPS) is 33.9. The fraction of sp³-hybridized carbons (Fsp3) is 1.00. The van der Waals surface area contributed by atoms with Gasteiger partial charge in [0.15, 0.2) is 14.1 Å². The minimum Gasteiger partial charge on any atom is -0.414 e. The van der Waals surface area contributed by atoms with E-state index in [9.17, 15) is 0 Å². The Morgan fingerprint density at radius 1 is 1.09 bits per heavy atom. The molecule has 6 heteroatoms. The molecule has 23 heavy (non-hydrogen) atoms. The lowest BCUT2D eigenvalue weighted by atomic mass is 10.0. The molecule has 0 spiro atoms. The summed E-state index contributed by atoms with van der Waals surface area (Å²) in [5.74, 6) is -0.578. The topological polar surface area (TPSA) is 57.2 Å². The lowest BCUT2D eigenvalue weighted by Gasteiger charge is -2.37. The van der Waals surface area contributed by atoms with Crippen LogP contribution >= 0.6 is 0 Å². The summed E-state index contributed by atoms with van der Waals surface area (Å²) in [7, 11) is -1.82. The maximum absolute atomic E-state index is 9.09. The van der Waals surface area contributed by atoms with Gasteiger partial charge in [-0.25, -0.2) is 0 Å². The molecular formula is C17H34O5Si. The zero-order valence-corrected chi connectivity index (χ0v) is 16.7. The van der Waals surface area contributed by atoms with Crippen molar-refractivity contribution in [3.05, 3.63) is 0 Å². The summed E-state index contributed by atoms with van der Waals surface area (Å²) in [6.07, 6.45) is 1.23. The Morgan fingerprint density at radius 3 is 2.17 bits per heavy atom. The smallest absolute Gasteiger partial charge is 0.192 e. The van der Waals surface area contributed by atoms with Gasteiger partial charge in [-0.2, -0.15) is 0 Å². The molecule has 2 aliphatic heterocycles. The van der Waals surface area contributed by atoms with Crippen LogP contribution in [0.2, 0.25) is 18.1 Å². The monoisotopic (exact) mass is 346 g/mol. The number of rotatable bonds is 6. The Kier molecular flexibility index (Phi) is 5.66. The highest BCUT2D eigenvalue weighted by Crippen LogP contribution is 2.41. The molecule has 2 saturated heterocycles. The van der Waals surface area contributed by atoms with Crippen LogP contribution < -0.4 is 0 Å². The van der Waals surface area contributed by atoms with Gasteiger partial charge in [0.1, 0.15) is 18.3 Å². The molecular weight excluding hydrogens is 312 g/mol. The van der Waals surface area contributed by atoms with Gasteiger partial charge < -0.3 is 23.7 Å². The van der Waals surface area contributed by atoms with Crippen molar-refractivity contribution in [2.24, 2.45) is 0 Å². The summed E-state index contributed by atoms with van der Waals surface area (Å²) >= 11 is 0. The molecule has 2 aliphatic rings. The first-order valence-electron chi connectivity index (χ1n) is 8.73. The van der Waals surface area contributed by atoms with Crippen molar-refractivity contribution < 1.29 is 23.7 Å². The highest BCUT2D eigenvalue weighted by Gasteiger charge is 2.55. The average Bonchev–Trinajstić information content (AvgIpc) is 2.87. The molecule has 4 atom stereocenters. The standard InChI is InChI=1S/C17H34O5Si/c1-16(2,3)23(6,7)19-11-13-15-14(21-17(4,5)22-15)12(20-13)9-8-10-18/h12-15,18H,8-11H2,1-7H3/t12-,13+,14-,15+/m0/s1. The zero-order valence-electron chi connectivity index (χ0n) is 15.7. The molecule has 0 aromatic heterocycles. The predicted octanol–water partition coefficient (Wildman–Crippen LogP) is 3.07. The Morgan fingerprint density at radius 2 is 1.65 bits per heavy atom. The molecule has 2 heterocycles. The number of hydrogen-bond acceptors (Lipinski definition) is 5. The molecule has 136 valence electrons. The summed E-state index contributed by atoms with van der Waals surface area (Å²) < 4.78 is 24.6. The van der Waals surface area contributed by atoms with Gasteiger partial charge in [-0.05, 0) is 44.8 Å². The van der Waals surface area contributed by atoms with Crippen molar-refractivity contribution >= 4 is 8.32 Å². The zero-order chi connectivity index (χ0) is 17.5. The highest BCUT2D eigenvalue weighted by molar-refractivity contribution is 6.74. The first kappa shape index (κ1) is 19.3. The van der Waals surface area contributed by atoms with Crippen molar-refractivity contribution in [3.8, 4) is 0 Å². The van der Waals surface area contributed by atoms with Crippen molar-refractivity contribution in [1.29, 1.82) is 0 Å². The summed E-state index contributed by atoms with van der Waals surface area (Å²) in [6.45, 7) is 15.8. The van der Waals surface area contributed by atoms with Crippen molar-refractivity contribution in [1.82, 2.24) is 0 Å². The van der Waals surface area contributed by atoms with E-state index in [1.165, 1.54) is 0 Å². The SMILES string of the molecule is CC1(C)O[C@@H]2[C@H](O1)[C@@H](CO[Si](C)(C)C(C)(C)C)O[C@H]2CCCO. The molecule has 5 nitrogen and oxygen atoms in total.